The van der Waals surface area contributed by atoms with Crippen molar-refractivity contribution < 1.29 is 23.7 Å². The van der Waals surface area contributed by atoms with Crippen LogP contribution in [0.3, 0.4) is 0 Å². The van der Waals surface area contributed by atoms with Gasteiger partial charge in [0.25, 0.3) is 0 Å². The quantitative estimate of drug-likeness (QED) is 0.104. The van der Waals surface area contributed by atoms with Crippen LogP contribution in [-0.4, -0.2) is 43.7 Å². The van der Waals surface area contributed by atoms with E-state index in [1.807, 2.05) is 60.7 Å². The highest BCUT2D eigenvalue weighted by Crippen LogP contribution is 2.31. The Balaban J connectivity index is 1.12. The molecule has 44 heavy (non-hydrogen) atoms. The van der Waals surface area contributed by atoms with E-state index in [1.54, 1.807) is 25.3 Å². The third-order valence-electron chi connectivity index (χ3n) is 8.27. The van der Waals surface area contributed by atoms with Gasteiger partial charge in [0.2, 0.25) is 0 Å². The molecule has 230 valence electrons. The molecule has 4 aromatic carbocycles. The Bertz CT molecular complexity index is 1470. The first-order chi connectivity index (χ1) is 21.6. The number of carbonyl (C=O) groups is 1. The zero-order chi connectivity index (χ0) is 30.6. The number of benzene rings is 4. The maximum Gasteiger partial charge on any atom is 0.338 e. The summed E-state index contributed by atoms with van der Waals surface area (Å²) in [6.45, 7) is 5.40. The summed E-state index contributed by atoms with van der Waals surface area (Å²) < 4.78 is 23.3. The lowest BCUT2D eigenvalue weighted by Crippen LogP contribution is -2.39. The molecule has 0 aromatic heterocycles. The molecule has 0 N–H and O–H groups in total. The van der Waals surface area contributed by atoms with Gasteiger partial charge in [0.1, 0.15) is 19.0 Å². The molecule has 0 heterocycles. The van der Waals surface area contributed by atoms with E-state index < -0.39 is 0 Å². The van der Waals surface area contributed by atoms with E-state index in [2.05, 4.69) is 30.0 Å². The summed E-state index contributed by atoms with van der Waals surface area (Å²) in [7, 11) is 1.72. The molecule has 6 nitrogen and oxygen atoms in total. The predicted octanol–water partition coefficient (Wildman–Crippen LogP) is 7.67. The minimum Gasteiger partial charge on any atom is -0.497 e. The molecule has 0 saturated heterocycles. The zero-order valence-electron chi connectivity index (χ0n) is 25.9. The number of ether oxygens (including phenoxy) is 4. The number of aryl methyl sites for hydroxylation is 1. The largest absolute Gasteiger partial charge is 0.497 e. The number of fused-ring (bicyclic) bond motifs is 1. The standard InChI is InChI=1S/C38H43NO5/c1-3-39(34-19-16-32-25-35(41-2)20-17-31(32)24-34)22-10-11-23-42-38(40)33-18-21-36(43-27-29-12-6-4-7-13-29)37(26-33)44-28-30-14-8-5-9-15-30/h4-9,12-15,17-18,20-21,25-26,34H,3,10-11,16,19,22-24,27-28H2,1-2H3. The third-order valence-corrected chi connectivity index (χ3v) is 8.27. The summed E-state index contributed by atoms with van der Waals surface area (Å²) in [4.78, 5) is 15.6. The van der Waals surface area contributed by atoms with Crippen molar-refractivity contribution in [3.05, 3.63) is 125 Å². The molecule has 5 rings (SSSR count). The molecule has 0 saturated carbocycles. The normalized spacial score (nSPS) is 14.1. The van der Waals surface area contributed by atoms with Crippen molar-refractivity contribution in [3.8, 4) is 17.2 Å². The van der Waals surface area contributed by atoms with Crippen LogP contribution in [0.4, 0.5) is 0 Å². The summed E-state index contributed by atoms with van der Waals surface area (Å²) in [5.74, 6) is 1.69. The van der Waals surface area contributed by atoms with Gasteiger partial charge in [0.05, 0.1) is 19.3 Å². The van der Waals surface area contributed by atoms with Gasteiger partial charge in [-0.1, -0.05) is 73.7 Å². The highest BCUT2D eigenvalue weighted by atomic mass is 16.5. The smallest absolute Gasteiger partial charge is 0.338 e. The second-order valence-corrected chi connectivity index (χ2v) is 11.2. The number of methoxy groups -OCH3 is 1. The molecule has 6 heteroatoms. The number of rotatable bonds is 15. The SMILES string of the molecule is CCN(CCCCOC(=O)c1ccc(OCc2ccccc2)c(OCc2ccccc2)c1)C1CCc2cc(OC)ccc2C1. The Morgan fingerprint density at radius 2 is 1.50 bits per heavy atom. The van der Waals surface area contributed by atoms with Crippen LogP contribution in [0.5, 0.6) is 17.2 Å². The van der Waals surface area contributed by atoms with Crippen molar-refractivity contribution in [2.24, 2.45) is 0 Å². The number of carbonyl (C=O) groups excluding carboxylic acids is 1. The summed E-state index contributed by atoms with van der Waals surface area (Å²) in [5.41, 5.74) is 5.38. The van der Waals surface area contributed by atoms with Gasteiger partial charge in [-0.25, -0.2) is 4.79 Å². The monoisotopic (exact) mass is 593 g/mol. The maximum absolute atomic E-state index is 13.0. The van der Waals surface area contributed by atoms with Gasteiger partial charge in [-0.2, -0.15) is 0 Å². The van der Waals surface area contributed by atoms with Gasteiger partial charge in [-0.3, -0.25) is 0 Å². The fraction of sp³-hybridized carbons (Fsp3) is 0.342. The molecule has 1 atom stereocenters. The Kier molecular flexibility index (Phi) is 11.3. The summed E-state index contributed by atoms with van der Waals surface area (Å²) in [5, 5.41) is 0. The highest BCUT2D eigenvalue weighted by Gasteiger charge is 2.23. The first-order valence-electron chi connectivity index (χ1n) is 15.7. The van der Waals surface area contributed by atoms with Gasteiger partial charge in [0.15, 0.2) is 11.5 Å². The van der Waals surface area contributed by atoms with Crippen LogP contribution in [0.15, 0.2) is 97.1 Å². The maximum atomic E-state index is 13.0. The first-order valence-corrected chi connectivity index (χ1v) is 15.7. The van der Waals surface area contributed by atoms with E-state index in [9.17, 15) is 4.79 Å². The first kappa shape index (κ1) is 31.1. The van der Waals surface area contributed by atoms with Crippen LogP contribution in [0.1, 0.15) is 58.8 Å². The molecule has 0 amide bonds. The fourth-order valence-electron chi connectivity index (χ4n) is 5.75. The minimum atomic E-state index is -0.351. The van der Waals surface area contributed by atoms with Crippen molar-refractivity contribution >= 4 is 5.97 Å². The average Bonchev–Trinajstić information content (AvgIpc) is 3.08. The molecule has 1 aliphatic rings. The lowest BCUT2D eigenvalue weighted by atomic mass is 9.87. The van der Waals surface area contributed by atoms with E-state index in [1.165, 1.54) is 11.1 Å². The van der Waals surface area contributed by atoms with Crippen LogP contribution in [0, 0.1) is 0 Å². The van der Waals surface area contributed by atoms with Crippen molar-refractivity contribution in [2.45, 2.75) is 58.3 Å². The van der Waals surface area contributed by atoms with Gasteiger partial charge in [0, 0.05) is 6.04 Å². The number of nitrogens with zero attached hydrogens (tertiary/aromatic N) is 1. The molecule has 4 aromatic rings. The van der Waals surface area contributed by atoms with Crippen molar-refractivity contribution in [2.75, 3.05) is 26.8 Å². The number of hydrogen-bond donors (Lipinski definition) is 0. The Morgan fingerprint density at radius 1 is 0.795 bits per heavy atom. The number of unbranched alkanes of at least 4 members (excludes halogenated alkanes) is 1. The second-order valence-electron chi connectivity index (χ2n) is 11.2. The average molecular weight is 594 g/mol. The van der Waals surface area contributed by atoms with E-state index >= 15 is 0 Å². The van der Waals surface area contributed by atoms with Gasteiger partial charge < -0.3 is 23.8 Å². The van der Waals surface area contributed by atoms with Crippen molar-refractivity contribution in [1.29, 1.82) is 0 Å². The number of esters is 1. The Labute approximate surface area is 261 Å². The van der Waals surface area contributed by atoms with Crippen LogP contribution in [0.25, 0.3) is 0 Å². The topological polar surface area (TPSA) is 57.2 Å². The van der Waals surface area contributed by atoms with Gasteiger partial charge >= 0.3 is 5.97 Å². The van der Waals surface area contributed by atoms with E-state index in [4.69, 9.17) is 18.9 Å². The van der Waals surface area contributed by atoms with E-state index in [0.717, 1.165) is 62.1 Å². The van der Waals surface area contributed by atoms with Crippen LogP contribution in [-0.2, 0) is 30.8 Å². The molecule has 0 fully saturated rings. The fourth-order valence-corrected chi connectivity index (χ4v) is 5.75. The van der Waals surface area contributed by atoms with Crippen molar-refractivity contribution in [1.82, 2.24) is 4.90 Å². The number of likely N-dealkylation sites (N-methyl/N-ethyl adjacent to an activating group) is 1. The van der Waals surface area contributed by atoms with E-state index in [0.29, 0.717) is 42.9 Å². The molecule has 0 spiro atoms. The van der Waals surface area contributed by atoms with E-state index in [-0.39, 0.29) is 5.97 Å². The Morgan fingerprint density at radius 3 is 2.18 bits per heavy atom. The Hall–Kier alpha value is -4.29. The summed E-state index contributed by atoms with van der Waals surface area (Å²) in [6.07, 6.45) is 5.10. The van der Waals surface area contributed by atoms with Crippen LogP contribution >= 0.6 is 0 Å². The lowest BCUT2D eigenvalue weighted by molar-refractivity contribution is 0.0492. The van der Waals surface area contributed by atoms with Crippen molar-refractivity contribution in [3.63, 3.8) is 0 Å². The van der Waals surface area contributed by atoms with Gasteiger partial charge in [-0.05, 0) is 97.8 Å². The van der Waals surface area contributed by atoms with Gasteiger partial charge in [-0.15, -0.1) is 0 Å². The molecule has 0 bridgehead atoms. The minimum absolute atomic E-state index is 0.351. The molecular formula is C38H43NO5. The molecule has 0 radical (unpaired) electrons. The summed E-state index contributed by atoms with van der Waals surface area (Å²) in [6, 6.07) is 32.2. The number of hydrogen-bond acceptors (Lipinski definition) is 6. The predicted molar refractivity (Wildman–Crippen MR) is 174 cm³/mol. The molecule has 1 aliphatic carbocycles. The third kappa shape index (κ3) is 8.64. The second kappa shape index (κ2) is 16.0. The van der Waals surface area contributed by atoms with Crippen LogP contribution < -0.4 is 14.2 Å². The zero-order valence-corrected chi connectivity index (χ0v) is 25.9. The molecular weight excluding hydrogens is 550 g/mol. The summed E-state index contributed by atoms with van der Waals surface area (Å²) >= 11 is 0. The molecule has 1 unspecified atom stereocenters. The molecule has 0 aliphatic heterocycles. The van der Waals surface area contributed by atoms with Crippen LogP contribution in [0.2, 0.25) is 0 Å². The highest BCUT2D eigenvalue weighted by molar-refractivity contribution is 5.90. The lowest BCUT2D eigenvalue weighted by Gasteiger charge is -2.34.